The number of carboxylic acids is 1. The summed E-state index contributed by atoms with van der Waals surface area (Å²) in [5.74, 6) is -1.61. The fourth-order valence-corrected chi connectivity index (χ4v) is 1.93. The van der Waals surface area contributed by atoms with Gasteiger partial charge in [0, 0.05) is 12.1 Å². The second-order valence-corrected chi connectivity index (χ2v) is 4.95. The van der Waals surface area contributed by atoms with Crippen LogP contribution in [0.15, 0.2) is 24.3 Å². The number of hydrogen-bond acceptors (Lipinski definition) is 2. The van der Waals surface area contributed by atoms with Gasteiger partial charge in [-0.25, -0.2) is 0 Å². The van der Waals surface area contributed by atoms with E-state index in [2.05, 4.69) is 12.2 Å². The van der Waals surface area contributed by atoms with Crippen molar-refractivity contribution in [3.8, 4) is 0 Å². The first kappa shape index (κ1) is 16.2. The summed E-state index contributed by atoms with van der Waals surface area (Å²) in [6, 6.07) is 7.50. The maximum atomic E-state index is 11.9. The molecule has 20 heavy (non-hydrogen) atoms. The van der Waals surface area contributed by atoms with Gasteiger partial charge in [0.2, 0.25) is 0 Å². The molecule has 1 aromatic carbocycles. The Morgan fingerprint density at radius 1 is 1.20 bits per heavy atom. The zero-order chi connectivity index (χ0) is 15.0. The number of carbonyl (C=O) groups excluding carboxylic acids is 1. The Morgan fingerprint density at radius 3 is 2.35 bits per heavy atom. The van der Waals surface area contributed by atoms with Gasteiger partial charge in [-0.3, -0.25) is 9.59 Å². The predicted octanol–water partition coefficient (Wildman–Crippen LogP) is 2.87. The van der Waals surface area contributed by atoms with Gasteiger partial charge in [-0.05, 0) is 37.0 Å². The molecule has 0 aliphatic rings. The highest BCUT2D eigenvalue weighted by atomic mass is 16.4. The number of benzene rings is 1. The van der Waals surface area contributed by atoms with Crippen molar-refractivity contribution < 1.29 is 14.7 Å². The standard InChI is InChI=1S/C16H23NO3/c1-3-5-6-12-7-9-14(10-8-12)15(18)17-11-13(4-2)16(19)20/h7-10,13H,3-6,11H2,1-2H3,(H,17,18)(H,19,20). The average Bonchev–Trinajstić information content (AvgIpc) is 2.45. The molecule has 0 bridgehead atoms. The fraction of sp³-hybridized carbons (Fsp3) is 0.500. The molecule has 0 fully saturated rings. The van der Waals surface area contributed by atoms with Crippen molar-refractivity contribution in [2.24, 2.45) is 5.92 Å². The highest BCUT2D eigenvalue weighted by Crippen LogP contribution is 2.08. The van der Waals surface area contributed by atoms with Gasteiger partial charge in [-0.15, -0.1) is 0 Å². The van der Waals surface area contributed by atoms with Crippen molar-refractivity contribution in [2.75, 3.05) is 6.54 Å². The minimum atomic E-state index is -0.872. The lowest BCUT2D eigenvalue weighted by molar-refractivity contribution is -0.141. The summed E-state index contributed by atoms with van der Waals surface area (Å²) in [6.07, 6.45) is 3.82. The van der Waals surface area contributed by atoms with Crippen LogP contribution in [0.5, 0.6) is 0 Å². The molecule has 0 spiro atoms. The smallest absolute Gasteiger partial charge is 0.308 e. The van der Waals surface area contributed by atoms with Gasteiger partial charge in [0.25, 0.3) is 5.91 Å². The van der Waals surface area contributed by atoms with Crippen LogP contribution in [-0.4, -0.2) is 23.5 Å². The fourth-order valence-electron chi connectivity index (χ4n) is 1.93. The summed E-state index contributed by atoms with van der Waals surface area (Å²) in [4.78, 5) is 22.8. The van der Waals surface area contributed by atoms with E-state index in [0.29, 0.717) is 12.0 Å². The van der Waals surface area contributed by atoms with Crippen LogP contribution in [0.25, 0.3) is 0 Å². The van der Waals surface area contributed by atoms with Gasteiger partial charge < -0.3 is 10.4 Å². The second kappa shape index (κ2) is 8.35. The van der Waals surface area contributed by atoms with Crippen LogP contribution in [0.3, 0.4) is 0 Å². The van der Waals surface area contributed by atoms with Crippen LogP contribution in [0.1, 0.15) is 49.0 Å². The molecular formula is C16H23NO3. The number of aliphatic carboxylic acids is 1. The van der Waals surface area contributed by atoms with Crippen LogP contribution in [0.2, 0.25) is 0 Å². The quantitative estimate of drug-likeness (QED) is 0.768. The predicted molar refractivity (Wildman–Crippen MR) is 78.8 cm³/mol. The Morgan fingerprint density at radius 2 is 1.85 bits per heavy atom. The Bertz CT molecular complexity index is 440. The highest BCUT2D eigenvalue weighted by molar-refractivity contribution is 5.94. The molecule has 2 N–H and O–H groups in total. The van der Waals surface area contributed by atoms with Gasteiger partial charge in [-0.1, -0.05) is 32.4 Å². The molecule has 1 atom stereocenters. The van der Waals surface area contributed by atoms with Crippen molar-refractivity contribution in [2.45, 2.75) is 39.5 Å². The normalized spacial score (nSPS) is 11.9. The van der Waals surface area contributed by atoms with E-state index in [9.17, 15) is 9.59 Å². The molecule has 0 saturated carbocycles. The van der Waals surface area contributed by atoms with Gasteiger partial charge >= 0.3 is 5.97 Å². The second-order valence-electron chi connectivity index (χ2n) is 4.95. The molecule has 110 valence electrons. The summed E-state index contributed by atoms with van der Waals surface area (Å²) in [5.41, 5.74) is 1.80. The van der Waals surface area contributed by atoms with E-state index < -0.39 is 11.9 Å². The van der Waals surface area contributed by atoms with Crippen molar-refractivity contribution in [1.82, 2.24) is 5.32 Å². The minimum absolute atomic E-state index is 0.169. The first-order chi connectivity index (χ1) is 9.58. The molecule has 4 nitrogen and oxygen atoms in total. The third-order valence-electron chi connectivity index (χ3n) is 3.39. The van der Waals surface area contributed by atoms with Crippen molar-refractivity contribution in [3.63, 3.8) is 0 Å². The number of carbonyl (C=O) groups is 2. The molecular weight excluding hydrogens is 254 g/mol. The molecule has 0 heterocycles. The Kier molecular flexibility index (Phi) is 6.77. The SMILES string of the molecule is CCCCc1ccc(C(=O)NCC(CC)C(=O)O)cc1. The monoisotopic (exact) mass is 277 g/mol. The molecule has 0 aliphatic carbocycles. The molecule has 0 radical (unpaired) electrons. The van der Waals surface area contributed by atoms with Gasteiger partial charge in [0.05, 0.1) is 5.92 Å². The number of hydrogen-bond donors (Lipinski definition) is 2. The third kappa shape index (κ3) is 5.03. The van der Waals surface area contributed by atoms with Crippen molar-refractivity contribution in [3.05, 3.63) is 35.4 Å². The summed E-state index contributed by atoms with van der Waals surface area (Å²) < 4.78 is 0. The van der Waals surface area contributed by atoms with Gasteiger partial charge in [0.1, 0.15) is 0 Å². The zero-order valence-electron chi connectivity index (χ0n) is 12.2. The lowest BCUT2D eigenvalue weighted by Gasteiger charge is -2.11. The van der Waals surface area contributed by atoms with Crippen LogP contribution in [-0.2, 0) is 11.2 Å². The Hall–Kier alpha value is -1.84. The minimum Gasteiger partial charge on any atom is -0.481 e. The average molecular weight is 277 g/mol. The van der Waals surface area contributed by atoms with Crippen LogP contribution >= 0.6 is 0 Å². The largest absolute Gasteiger partial charge is 0.481 e. The number of rotatable bonds is 8. The number of carboxylic acid groups (broad SMARTS) is 1. The molecule has 1 aromatic rings. The van der Waals surface area contributed by atoms with E-state index in [0.717, 1.165) is 19.3 Å². The van der Waals surface area contributed by atoms with Crippen molar-refractivity contribution in [1.29, 1.82) is 0 Å². The van der Waals surface area contributed by atoms with Gasteiger partial charge in [-0.2, -0.15) is 0 Å². The lowest BCUT2D eigenvalue weighted by Crippen LogP contribution is -2.32. The molecule has 1 unspecified atom stereocenters. The third-order valence-corrected chi connectivity index (χ3v) is 3.39. The van der Waals surface area contributed by atoms with Crippen molar-refractivity contribution >= 4 is 11.9 Å². The summed E-state index contributed by atoms with van der Waals surface area (Å²) in [5, 5.41) is 11.6. The number of aryl methyl sites for hydroxylation is 1. The van der Waals surface area contributed by atoms with Gasteiger partial charge in [0.15, 0.2) is 0 Å². The van der Waals surface area contributed by atoms with E-state index >= 15 is 0 Å². The highest BCUT2D eigenvalue weighted by Gasteiger charge is 2.16. The summed E-state index contributed by atoms with van der Waals surface area (Å²) in [6.45, 7) is 4.12. The van der Waals surface area contributed by atoms with E-state index in [1.54, 1.807) is 19.1 Å². The topological polar surface area (TPSA) is 66.4 Å². The Balaban J connectivity index is 2.53. The van der Waals surface area contributed by atoms with E-state index in [1.165, 1.54) is 5.56 Å². The molecule has 0 aromatic heterocycles. The summed E-state index contributed by atoms with van der Waals surface area (Å²) >= 11 is 0. The number of unbranched alkanes of at least 4 members (excludes halogenated alkanes) is 1. The zero-order valence-corrected chi connectivity index (χ0v) is 12.2. The van der Waals surface area contributed by atoms with Crippen LogP contribution in [0, 0.1) is 5.92 Å². The molecule has 0 saturated heterocycles. The van der Waals surface area contributed by atoms with E-state index in [4.69, 9.17) is 5.11 Å². The molecule has 0 aliphatic heterocycles. The lowest BCUT2D eigenvalue weighted by atomic mass is 10.1. The van der Waals surface area contributed by atoms with Crippen LogP contribution in [0.4, 0.5) is 0 Å². The van der Waals surface area contributed by atoms with E-state index in [-0.39, 0.29) is 12.5 Å². The van der Waals surface area contributed by atoms with Crippen LogP contribution < -0.4 is 5.32 Å². The maximum absolute atomic E-state index is 11.9. The molecule has 1 rings (SSSR count). The maximum Gasteiger partial charge on any atom is 0.308 e. The molecule has 4 heteroatoms. The first-order valence-corrected chi connectivity index (χ1v) is 7.18. The first-order valence-electron chi connectivity index (χ1n) is 7.18. The summed E-state index contributed by atoms with van der Waals surface area (Å²) in [7, 11) is 0. The van der Waals surface area contributed by atoms with E-state index in [1.807, 2.05) is 12.1 Å². The number of nitrogens with one attached hydrogen (secondary N) is 1. The molecule has 1 amide bonds. The number of amides is 1. The Labute approximate surface area is 120 Å².